The molecule has 1 fully saturated rings. The lowest BCUT2D eigenvalue weighted by molar-refractivity contribution is 0.0987. The number of benzene rings is 2. The van der Waals surface area contributed by atoms with Crippen LogP contribution in [0.3, 0.4) is 0 Å². The molecule has 4 amide bonds. The van der Waals surface area contributed by atoms with Crippen LogP contribution in [0, 0.1) is 19.8 Å². The fourth-order valence-corrected chi connectivity index (χ4v) is 6.99. The van der Waals surface area contributed by atoms with Crippen molar-refractivity contribution >= 4 is 57.6 Å². The number of anilines is 2. The van der Waals surface area contributed by atoms with Gasteiger partial charge >= 0.3 is 0 Å². The Morgan fingerprint density at radius 2 is 1.46 bits per heavy atom. The number of oxazole rings is 1. The van der Waals surface area contributed by atoms with Crippen molar-refractivity contribution < 1.29 is 33.1 Å². The Bertz CT molecular complexity index is 2630. The van der Waals surface area contributed by atoms with Crippen LogP contribution in [-0.2, 0) is 26.1 Å². The molecule has 7 rings (SSSR count). The van der Waals surface area contributed by atoms with Gasteiger partial charge in [-0.15, -0.1) is 0 Å². The van der Waals surface area contributed by atoms with Gasteiger partial charge in [0.15, 0.2) is 5.89 Å². The van der Waals surface area contributed by atoms with Crippen LogP contribution in [0.1, 0.15) is 79.3 Å². The first-order chi connectivity index (χ1) is 28.4. The van der Waals surface area contributed by atoms with Gasteiger partial charge in [0.2, 0.25) is 29.5 Å². The lowest BCUT2D eigenvalue weighted by atomic mass is 10.0. The molecule has 1 aliphatic heterocycles. The summed E-state index contributed by atoms with van der Waals surface area (Å²) < 4.78 is 22.7. The Balaban J connectivity index is 1.27. The third-order valence-corrected chi connectivity index (χ3v) is 10.0. The molecule has 0 saturated carbocycles. The van der Waals surface area contributed by atoms with Gasteiger partial charge in [0.1, 0.15) is 28.2 Å². The molecule has 0 aliphatic carbocycles. The van der Waals surface area contributed by atoms with Gasteiger partial charge in [-0.05, 0) is 76.0 Å². The number of carbonyl (C=O) groups is 4. The summed E-state index contributed by atoms with van der Waals surface area (Å²) in [7, 11) is 1.46. The fraction of sp³-hybridized carbons (Fsp3) is 0.350. The Morgan fingerprint density at radius 3 is 2.00 bits per heavy atom. The highest BCUT2D eigenvalue weighted by Gasteiger charge is 2.25. The number of imidazole rings is 2. The molecule has 0 unspecified atom stereocenters. The number of ether oxygens (including phenoxy) is 2. The molecule has 1 saturated heterocycles. The molecule has 308 valence electrons. The molecule has 19 nitrogen and oxygen atoms in total. The van der Waals surface area contributed by atoms with Crippen LogP contribution in [-0.4, -0.2) is 84.3 Å². The topological polar surface area (TPSA) is 254 Å². The van der Waals surface area contributed by atoms with E-state index in [4.69, 9.17) is 30.3 Å². The van der Waals surface area contributed by atoms with Crippen molar-refractivity contribution in [1.29, 1.82) is 0 Å². The molecule has 0 atom stereocenters. The van der Waals surface area contributed by atoms with Crippen molar-refractivity contribution in [2.24, 2.45) is 17.4 Å². The Kier molecular flexibility index (Phi) is 11.5. The highest BCUT2D eigenvalue weighted by atomic mass is 16.5. The van der Waals surface area contributed by atoms with Gasteiger partial charge in [-0.3, -0.25) is 34.5 Å². The summed E-state index contributed by atoms with van der Waals surface area (Å²) in [6.45, 7) is 10.2. The van der Waals surface area contributed by atoms with E-state index in [2.05, 4.69) is 31.0 Å². The van der Waals surface area contributed by atoms with Crippen molar-refractivity contribution in [2.45, 2.75) is 60.2 Å². The number of hydrogen-bond acceptors (Lipinski definition) is 12. The first-order valence-electron chi connectivity index (χ1n) is 19.2. The van der Waals surface area contributed by atoms with Crippen molar-refractivity contribution in [3.8, 4) is 11.5 Å². The number of methoxy groups -OCH3 is 1. The van der Waals surface area contributed by atoms with Crippen molar-refractivity contribution in [3.63, 3.8) is 0 Å². The summed E-state index contributed by atoms with van der Waals surface area (Å²) in [6.07, 6.45) is 4.94. The minimum atomic E-state index is -0.668. The molecule has 1 aliphatic rings. The lowest BCUT2D eigenvalue weighted by Crippen LogP contribution is -2.42. The number of nitrogens with one attached hydrogen (secondary N) is 3. The number of nitrogens with two attached hydrogens (primary N) is 2. The zero-order chi connectivity index (χ0) is 42.0. The number of amides is 4. The van der Waals surface area contributed by atoms with Crippen LogP contribution in [0.5, 0.6) is 11.5 Å². The summed E-state index contributed by atoms with van der Waals surface area (Å²) >= 11 is 0. The second-order valence-electron chi connectivity index (χ2n) is 14.1. The van der Waals surface area contributed by atoms with E-state index in [0.717, 1.165) is 19.5 Å². The highest BCUT2D eigenvalue weighted by molar-refractivity contribution is 6.05. The van der Waals surface area contributed by atoms with Crippen LogP contribution in [0.25, 0.3) is 22.1 Å². The van der Waals surface area contributed by atoms with Gasteiger partial charge in [0, 0.05) is 37.7 Å². The van der Waals surface area contributed by atoms with Gasteiger partial charge < -0.3 is 39.8 Å². The van der Waals surface area contributed by atoms with Crippen LogP contribution >= 0.6 is 0 Å². The molecule has 19 heteroatoms. The van der Waals surface area contributed by atoms with E-state index in [-0.39, 0.29) is 41.9 Å². The zero-order valence-electron chi connectivity index (χ0n) is 33.4. The number of rotatable bonds is 17. The van der Waals surface area contributed by atoms with E-state index in [0.29, 0.717) is 82.0 Å². The summed E-state index contributed by atoms with van der Waals surface area (Å²) in [6, 6.07) is 7.87. The Hall–Kier alpha value is -7.02. The first-order valence-corrected chi connectivity index (χ1v) is 19.2. The predicted molar refractivity (Wildman–Crippen MR) is 218 cm³/mol. The van der Waals surface area contributed by atoms with Gasteiger partial charge in [-0.25, -0.2) is 15.0 Å². The zero-order valence-corrected chi connectivity index (χ0v) is 33.4. The Morgan fingerprint density at radius 1 is 0.864 bits per heavy atom. The van der Waals surface area contributed by atoms with Crippen molar-refractivity contribution in [3.05, 3.63) is 82.3 Å². The maximum atomic E-state index is 13.7. The molecule has 6 aromatic rings. The van der Waals surface area contributed by atoms with Crippen LogP contribution < -0.4 is 36.9 Å². The standard InChI is InChI=1S/C40H46N12O7/c1-6-26-34(59-22(4)44-26)38(56)48-40-46-28-16-25(36(42)54)18-31(58-13-10-23-19-43-20-23)33(28)51(40)12-9-8-11-50-32-27(15-24(35(41)53)17-30(32)57-5)45-39(50)47-37(55)29-14-21(3)49-52(29)7-2/h8-9,14-18,23,43H,6-7,10-13,19-20H2,1-5H3,(H2,41,53)(H2,42,54)(H,45,47,55)(H,46,48,56). The average molecular weight is 807 g/mol. The maximum Gasteiger partial charge on any atom is 0.295 e. The minimum absolute atomic E-state index is 0.0645. The summed E-state index contributed by atoms with van der Waals surface area (Å²) in [4.78, 5) is 65.7. The third kappa shape index (κ3) is 8.22. The number of aromatic nitrogens is 7. The number of carbonyl (C=O) groups excluding carboxylic acids is 4. The van der Waals surface area contributed by atoms with Crippen molar-refractivity contribution in [1.82, 2.24) is 39.2 Å². The van der Waals surface area contributed by atoms with Gasteiger partial charge in [0.25, 0.3) is 11.8 Å². The highest BCUT2D eigenvalue weighted by Crippen LogP contribution is 2.33. The average Bonchev–Trinajstić information content (AvgIpc) is 3.95. The maximum absolute atomic E-state index is 13.7. The summed E-state index contributed by atoms with van der Waals surface area (Å²) in [5.41, 5.74) is 15.0. The normalized spacial score (nSPS) is 13.0. The van der Waals surface area contributed by atoms with E-state index < -0.39 is 23.6 Å². The van der Waals surface area contributed by atoms with Crippen LogP contribution in [0.4, 0.5) is 11.9 Å². The largest absolute Gasteiger partial charge is 0.494 e. The first kappa shape index (κ1) is 40.2. The predicted octanol–water partition coefficient (Wildman–Crippen LogP) is 3.73. The lowest BCUT2D eigenvalue weighted by Gasteiger charge is -2.26. The third-order valence-electron chi connectivity index (χ3n) is 10.0. The molecule has 59 heavy (non-hydrogen) atoms. The molecule has 4 aromatic heterocycles. The van der Waals surface area contributed by atoms with Crippen LogP contribution in [0.15, 0.2) is 46.9 Å². The van der Waals surface area contributed by atoms with Gasteiger partial charge in [-0.2, -0.15) is 5.10 Å². The van der Waals surface area contributed by atoms with E-state index in [1.807, 2.05) is 26.0 Å². The smallest absolute Gasteiger partial charge is 0.295 e. The quantitative estimate of drug-likeness (QED) is 0.0827. The minimum Gasteiger partial charge on any atom is -0.494 e. The summed E-state index contributed by atoms with van der Waals surface area (Å²) in [5.74, 6) is -0.397. The number of fused-ring (bicyclic) bond motifs is 2. The summed E-state index contributed by atoms with van der Waals surface area (Å²) in [5, 5.41) is 13.4. The van der Waals surface area contributed by atoms with E-state index in [9.17, 15) is 19.2 Å². The number of hydrogen-bond donors (Lipinski definition) is 5. The molecular weight excluding hydrogens is 761 g/mol. The second kappa shape index (κ2) is 16.8. The molecule has 2 aromatic carbocycles. The Labute approximate surface area is 338 Å². The van der Waals surface area contributed by atoms with Gasteiger partial charge in [-0.1, -0.05) is 19.1 Å². The second-order valence-corrected chi connectivity index (χ2v) is 14.1. The van der Waals surface area contributed by atoms with Crippen LogP contribution in [0.2, 0.25) is 0 Å². The number of aryl methyl sites for hydroxylation is 4. The van der Waals surface area contributed by atoms with E-state index in [1.165, 1.54) is 19.2 Å². The number of nitrogens with zero attached hydrogens (tertiary/aromatic N) is 7. The SMILES string of the molecule is CCc1nc(C)oc1C(=O)Nc1nc2cc(C(N)=O)cc(OCCC3CNC3)c2n1CC=CCn1c(NC(=O)c2cc(C)nn2CC)nc2cc(C(N)=O)cc(OC)c21. The number of allylic oxidation sites excluding steroid dienone is 2. The molecule has 0 radical (unpaired) electrons. The van der Waals surface area contributed by atoms with Crippen molar-refractivity contribution in [2.75, 3.05) is 37.4 Å². The fourth-order valence-electron chi connectivity index (χ4n) is 6.99. The molecule has 5 heterocycles. The molecule has 0 spiro atoms. The number of primary amides is 2. The van der Waals surface area contributed by atoms with Gasteiger partial charge in [0.05, 0.1) is 36.1 Å². The van der Waals surface area contributed by atoms with E-state index in [1.54, 1.807) is 45.9 Å². The molecule has 7 N–H and O–H groups in total. The molecule has 0 bridgehead atoms. The monoisotopic (exact) mass is 806 g/mol. The molecular formula is C40H46N12O7. The van der Waals surface area contributed by atoms with E-state index >= 15 is 0 Å².